The number of hydrogen-bond acceptors (Lipinski definition) is 1. The molecule has 0 fully saturated rings. The molecule has 0 heterocycles. The molecule has 3 heteroatoms. The number of alkyl halides is 1. The summed E-state index contributed by atoms with van der Waals surface area (Å²) in [5, 5.41) is 0. The van der Waals surface area contributed by atoms with Gasteiger partial charge in [-0.2, -0.15) is 0 Å². The Morgan fingerprint density at radius 3 is 2.36 bits per heavy atom. The zero-order valence-corrected chi connectivity index (χ0v) is 7.84. The average Bonchev–Trinajstić information content (AvgIpc) is 2.05. The molecule has 1 rings (SSSR count). The van der Waals surface area contributed by atoms with Gasteiger partial charge in [-0.15, -0.1) is 0 Å². The Hall–Kier alpha value is -0.565. The maximum atomic E-state index is 11.3. The molecular weight excluding hydrogens is 203 g/mol. The molecule has 1 aromatic rings. The highest BCUT2D eigenvalue weighted by atomic mass is 79.9. The smallest absolute Gasteiger partial charge is 0.168 e. The molecule has 0 saturated heterocycles. The highest BCUT2D eigenvalue weighted by Crippen LogP contribution is 2.06. The number of benzene rings is 1. The van der Waals surface area contributed by atoms with Crippen LogP contribution in [0.5, 0.6) is 0 Å². The van der Waals surface area contributed by atoms with Gasteiger partial charge in [0.25, 0.3) is 0 Å². The number of hydrogen-bond donors (Lipinski definition) is 0. The van der Waals surface area contributed by atoms with Crippen molar-refractivity contribution in [3.63, 3.8) is 0 Å². The zero-order chi connectivity index (χ0) is 8.27. The topological polar surface area (TPSA) is 17.1 Å². The predicted octanol–water partition coefficient (Wildman–Crippen LogP) is 1.22. The van der Waals surface area contributed by atoms with Crippen molar-refractivity contribution < 1.29 is 4.79 Å². The molecule has 0 spiro atoms. The van der Waals surface area contributed by atoms with Crippen molar-refractivity contribution in [1.82, 2.24) is 0 Å². The standard InChI is InChI=1S/C8H8BBrO/c9-8(10)7(11)6-4-2-1-3-5-6/h1-5,8H,9H2. The van der Waals surface area contributed by atoms with Gasteiger partial charge in [0.05, 0.1) is 0 Å². The van der Waals surface area contributed by atoms with E-state index < -0.39 is 0 Å². The van der Waals surface area contributed by atoms with E-state index in [0.717, 1.165) is 5.56 Å². The van der Waals surface area contributed by atoms with Gasteiger partial charge in [0, 0.05) is 10.3 Å². The summed E-state index contributed by atoms with van der Waals surface area (Å²) in [5.41, 5.74) is 0.761. The van der Waals surface area contributed by atoms with Crippen molar-refractivity contribution in [2.24, 2.45) is 0 Å². The summed E-state index contributed by atoms with van der Waals surface area (Å²) in [6.45, 7) is 0. The van der Waals surface area contributed by atoms with Crippen LogP contribution in [0.1, 0.15) is 10.4 Å². The Balaban J connectivity index is 2.86. The number of carbonyl (C=O) groups is 1. The van der Waals surface area contributed by atoms with E-state index in [2.05, 4.69) is 15.9 Å². The average molecular weight is 211 g/mol. The first-order chi connectivity index (χ1) is 5.22. The van der Waals surface area contributed by atoms with Gasteiger partial charge in [-0.3, -0.25) is 4.79 Å². The summed E-state index contributed by atoms with van der Waals surface area (Å²) in [7, 11) is 1.83. The first-order valence-electron chi connectivity index (χ1n) is 3.45. The van der Waals surface area contributed by atoms with Crippen LogP contribution in [0.4, 0.5) is 0 Å². The Labute approximate surface area is 75.3 Å². The van der Waals surface area contributed by atoms with E-state index in [-0.39, 0.29) is 10.5 Å². The highest BCUT2D eigenvalue weighted by molar-refractivity contribution is 9.10. The molecule has 56 valence electrons. The van der Waals surface area contributed by atoms with E-state index >= 15 is 0 Å². The van der Waals surface area contributed by atoms with E-state index in [9.17, 15) is 4.79 Å². The fourth-order valence-electron chi connectivity index (χ4n) is 0.832. The molecule has 0 radical (unpaired) electrons. The minimum absolute atomic E-state index is 0.0927. The van der Waals surface area contributed by atoms with Gasteiger partial charge in [-0.1, -0.05) is 46.3 Å². The monoisotopic (exact) mass is 210 g/mol. The molecule has 1 unspecified atom stereocenters. The molecule has 0 N–H and O–H groups in total. The number of carbonyl (C=O) groups excluding carboxylic acids is 1. The second kappa shape index (κ2) is 3.72. The van der Waals surface area contributed by atoms with Gasteiger partial charge in [-0.25, -0.2) is 0 Å². The van der Waals surface area contributed by atoms with Crippen molar-refractivity contribution in [2.75, 3.05) is 0 Å². The number of ketones is 1. The van der Waals surface area contributed by atoms with Gasteiger partial charge >= 0.3 is 0 Å². The lowest BCUT2D eigenvalue weighted by atomic mass is 9.96. The highest BCUT2D eigenvalue weighted by Gasteiger charge is 2.09. The van der Waals surface area contributed by atoms with Crippen molar-refractivity contribution >= 4 is 29.6 Å². The molecule has 1 nitrogen and oxygen atoms in total. The molecule has 0 bridgehead atoms. The Kier molecular flexibility index (Phi) is 2.88. The minimum Gasteiger partial charge on any atom is -0.294 e. The molecule has 0 amide bonds. The zero-order valence-electron chi connectivity index (χ0n) is 6.25. The first-order valence-corrected chi connectivity index (χ1v) is 4.36. The number of rotatable bonds is 2. The van der Waals surface area contributed by atoms with Crippen LogP contribution in [0.2, 0.25) is 0 Å². The molecule has 0 aliphatic carbocycles. The Morgan fingerprint density at radius 1 is 1.36 bits per heavy atom. The summed E-state index contributed by atoms with van der Waals surface area (Å²) >= 11 is 3.23. The normalized spacial score (nSPS) is 12.5. The summed E-state index contributed by atoms with van der Waals surface area (Å²) < 4.78 is -0.0927. The van der Waals surface area contributed by atoms with Crippen molar-refractivity contribution in [2.45, 2.75) is 4.73 Å². The molecule has 0 aromatic heterocycles. The van der Waals surface area contributed by atoms with Crippen molar-refractivity contribution in [3.8, 4) is 0 Å². The quantitative estimate of drug-likeness (QED) is 0.408. The summed E-state index contributed by atoms with van der Waals surface area (Å²) in [6.07, 6.45) is 0. The lowest BCUT2D eigenvalue weighted by Gasteiger charge is -2.00. The van der Waals surface area contributed by atoms with Crippen LogP contribution in [-0.2, 0) is 0 Å². The fraction of sp³-hybridized carbons (Fsp3) is 0.125. The second-order valence-corrected chi connectivity index (χ2v) is 3.72. The lowest BCUT2D eigenvalue weighted by Crippen LogP contribution is -2.13. The van der Waals surface area contributed by atoms with Crippen LogP contribution < -0.4 is 0 Å². The van der Waals surface area contributed by atoms with E-state index in [1.54, 1.807) is 0 Å². The van der Waals surface area contributed by atoms with E-state index in [0.29, 0.717) is 0 Å². The van der Waals surface area contributed by atoms with E-state index in [1.807, 2.05) is 38.2 Å². The molecule has 0 aliphatic rings. The third kappa shape index (κ3) is 2.19. The van der Waals surface area contributed by atoms with E-state index in [4.69, 9.17) is 0 Å². The third-order valence-corrected chi connectivity index (χ3v) is 1.84. The molecule has 1 atom stereocenters. The van der Waals surface area contributed by atoms with Crippen LogP contribution in [0.15, 0.2) is 30.3 Å². The van der Waals surface area contributed by atoms with Gasteiger partial charge in [0.2, 0.25) is 0 Å². The number of Topliss-reactive ketones (excluding diaryl/α,β-unsaturated/α-hetero) is 1. The molecular formula is C8H8BBrO. The second-order valence-electron chi connectivity index (χ2n) is 2.35. The Morgan fingerprint density at radius 2 is 1.91 bits per heavy atom. The maximum Gasteiger partial charge on any atom is 0.168 e. The molecule has 0 saturated carbocycles. The van der Waals surface area contributed by atoms with Gasteiger partial charge in [-0.05, 0) is 0 Å². The van der Waals surface area contributed by atoms with Crippen LogP contribution >= 0.6 is 15.9 Å². The predicted molar refractivity (Wildman–Crippen MR) is 52.0 cm³/mol. The third-order valence-electron chi connectivity index (χ3n) is 1.42. The van der Waals surface area contributed by atoms with Crippen molar-refractivity contribution in [1.29, 1.82) is 0 Å². The summed E-state index contributed by atoms with van der Waals surface area (Å²) in [5.74, 6) is 0.130. The maximum absolute atomic E-state index is 11.3. The first kappa shape index (κ1) is 8.53. The number of halogens is 1. The lowest BCUT2D eigenvalue weighted by molar-refractivity contribution is 0.101. The Bertz CT molecular complexity index is 246. The van der Waals surface area contributed by atoms with Crippen LogP contribution in [0, 0.1) is 0 Å². The molecule has 0 aliphatic heterocycles. The van der Waals surface area contributed by atoms with Gasteiger partial charge in [0.1, 0.15) is 7.85 Å². The fourth-order valence-corrected chi connectivity index (χ4v) is 1.10. The largest absolute Gasteiger partial charge is 0.294 e. The summed E-state index contributed by atoms with van der Waals surface area (Å²) in [6, 6.07) is 9.26. The van der Waals surface area contributed by atoms with E-state index in [1.165, 1.54) is 0 Å². The summed E-state index contributed by atoms with van der Waals surface area (Å²) in [4.78, 5) is 11.3. The van der Waals surface area contributed by atoms with Crippen LogP contribution in [0.25, 0.3) is 0 Å². The van der Waals surface area contributed by atoms with Crippen molar-refractivity contribution in [3.05, 3.63) is 35.9 Å². The SMILES string of the molecule is BC(Br)C(=O)c1ccccc1. The van der Waals surface area contributed by atoms with Gasteiger partial charge < -0.3 is 0 Å². The minimum atomic E-state index is -0.0927. The van der Waals surface area contributed by atoms with Crippen LogP contribution in [0.3, 0.4) is 0 Å². The molecule has 11 heavy (non-hydrogen) atoms. The molecule has 1 aromatic carbocycles. The van der Waals surface area contributed by atoms with Gasteiger partial charge in [0.15, 0.2) is 5.78 Å². The van der Waals surface area contributed by atoms with Crippen LogP contribution in [-0.4, -0.2) is 18.4 Å².